The van der Waals surface area contributed by atoms with Crippen LogP contribution < -0.4 is 0 Å². The van der Waals surface area contributed by atoms with E-state index in [1.54, 1.807) is 0 Å². The fourth-order valence-corrected chi connectivity index (χ4v) is 4.31. The Balaban J connectivity index is 1.95. The van der Waals surface area contributed by atoms with Gasteiger partial charge < -0.3 is 30.3 Å². The molecule has 0 aromatic carbocycles. The molecule has 0 aromatic heterocycles. The molecule has 0 saturated heterocycles. The minimum Gasteiger partial charge on any atom is -0.457 e. The first-order valence-electron chi connectivity index (χ1n) is 12.9. The van der Waals surface area contributed by atoms with E-state index < -0.39 is 42.6 Å². The highest BCUT2D eigenvalue weighted by atomic mass is 16.6. The van der Waals surface area contributed by atoms with Gasteiger partial charge in [0, 0.05) is 6.42 Å². The van der Waals surface area contributed by atoms with Crippen molar-refractivity contribution in [3.8, 4) is 0 Å². The maximum Gasteiger partial charge on any atom is 0.306 e. The first kappa shape index (κ1) is 29.3. The molecule has 4 atom stereocenters. The maximum atomic E-state index is 12.0. The number of aliphatic hydroxyl groups excluding tert-OH is 5. The fourth-order valence-electron chi connectivity index (χ4n) is 4.31. The summed E-state index contributed by atoms with van der Waals surface area (Å²) in [6, 6.07) is 0. The van der Waals surface area contributed by atoms with E-state index in [9.17, 15) is 30.3 Å². The van der Waals surface area contributed by atoms with Crippen LogP contribution in [0.1, 0.15) is 110 Å². The van der Waals surface area contributed by atoms with E-state index in [1.165, 1.54) is 64.2 Å². The van der Waals surface area contributed by atoms with Crippen LogP contribution in [0.2, 0.25) is 0 Å². The molecule has 0 amide bonds. The average Bonchev–Trinajstić information content (AvgIpc) is 2.76. The summed E-state index contributed by atoms with van der Waals surface area (Å²) in [6.45, 7) is 4.58. The number of esters is 1. The minimum absolute atomic E-state index is 0.155. The second kappa shape index (κ2) is 16.8. The number of hydrogen-bond donors (Lipinski definition) is 5. The molecule has 0 aliphatic heterocycles. The van der Waals surface area contributed by atoms with Gasteiger partial charge in [-0.2, -0.15) is 0 Å². The normalized spacial score (nSPS) is 28.2. The van der Waals surface area contributed by atoms with E-state index in [0.717, 1.165) is 25.2 Å². The zero-order valence-corrected chi connectivity index (χ0v) is 20.2. The van der Waals surface area contributed by atoms with Crippen LogP contribution in [0.5, 0.6) is 0 Å². The van der Waals surface area contributed by atoms with Crippen LogP contribution in [0.15, 0.2) is 0 Å². The summed E-state index contributed by atoms with van der Waals surface area (Å²) in [6.07, 6.45) is 7.45. The second-order valence-corrected chi connectivity index (χ2v) is 9.94. The van der Waals surface area contributed by atoms with Crippen LogP contribution in [-0.4, -0.2) is 68.1 Å². The Morgan fingerprint density at radius 3 is 1.34 bits per heavy atom. The van der Waals surface area contributed by atoms with E-state index in [1.807, 2.05) is 0 Å². The largest absolute Gasteiger partial charge is 0.457 e. The van der Waals surface area contributed by atoms with Crippen LogP contribution in [0.3, 0.4) is 0 Å². The number of rotatable bonds is 17. The molecule has 0 spiro atoms. The second-order valence-electron chi connectivity index (χ2n) is 9.94. The first-order chi connectivity index (χ1) is 15.3. The van der Waals surface area contributed by atoms with E-state index >= 15 is 0 Å². The van der Waals surface area contributed by atoms with E-state index in [-0.39, 0.29) is 6.42 Å². The third-order valence-corrected chi connectivity index (χ3v) is 6.50. The van der Waals surface area contributed by atoms with Crippen molar-refractivity contribution < 1.29 is 35.1 Å². The monoisotopic (exact) mass is 460 g/mol. The van der Waals surface area contributed by atoms with Gasteiger partial charge in [0.15, 0.2) is 6.10 Å². The lowest BCUT2D eigenvalue weighted by Crippen LogP contribution is -2.64. The van der Waals surface area contributed by atoms with Gasteiger partial charge in [0.1, 0.15) is 30.5 Å². The van der Waals surface area contributed by atoms with Gasteiger partial charge in [-0.1, -0.05) is 97.3 Å². The first-order valence-corrected chi connectivity index (χ1v) is 12.9. The number of carbonyl (C=O) groups is 1. The molecule has 32 heavy (non-hydrogen) atoms. The molecule has 0 aromatic rings. The zero-order chi connectivity index (χ0) is 23.9. The van der Waals surface area contributed by atoms with E-state index in [2.05, 4.69) is 13.8 Å². The summed E-state index contributed by atoms with van der Waals surface area (Å²) in [7, 11) is 0. The summed E-state index contributed by atoms with van der Waals surface area (Å²) < 4.78 is 5.06. The van der Waals surface area contributed by atoms with Crippen molar-refractivity contribution in [1.29, 1.82) is 0 Å². The molecule has 1 aliphatic carbocycles. The van der Waals surface area contributed by atoms with Crippen molar-refractivity contribution in [1.82, 2.24) is 0 Å². The molecule has 1 saturated carbocycles. The molecule has 1 fully saturated rings. The molecule has 0 heterocycles. The van der Waals surface area contributed by atoms with Gasteiger partial charge in [0.2, 0.25) is 0 Å². The molecule has 7 nitrogen and oxygen atoms in total. The average molecular weight is 461 g/mol. The van der Waals surface area contributed by atoms with Gasteiger partial charge in [0.25, 0.3) is 0 Å². The molecule has 0 radical (unpaired) electrons. The highest BCUT2D eigenvalue weighted by molar-refractivity contribution is 5.69. The summed E-state index contributed by atoms with van der Waals surface area (Å²) in [4.78, 5) is 12.0. The van der Waals surface area contributed by atoms with Crippen LogP contribution in [0.25, 0.3) is 0 Å². The van der Waals surface area contributed by atoms with E-state index in [4.69, 9.17) is 4.74 Å². The van der Waals surface area contributed by atoms with Crippen LogP contribution >= 0.6 is 0 Å². The third-order valence-electron chi connectivity index (χ3n) is 6.50. The van der Waals surface area contributed by atoms with Crippen molar-refractivity contribution in [2.75, 3.05) is 0 Å². The molecule has 4 unspecified atom stereocenters. The van der Waals surface area contributed by atoms with E-state index in [0.29, 0.717) is 6.42 Å². The molecule has 5 N–H and O–H groups in total. The number of ether oxygens (including phenoxy) is 1. The number of aliphatic hydroxyl groups is 5. The van der Waals surface area contributed by atoms with Gasteiger partial charge in [-0.3, -0.25) is 4.79 Å². The summed E-state index contributed by atoms with van der Waals surface area (Å²) in [5, 5.41) is 48.7. The van der Waals surface area contributed by atoms with Gasteiger partial charge in [-0.25, -0.2) is 0 Å². The SMILES string of the molecule is CC(C)CCCCCCCCCCCCCCCC(=O)OC1C(O)C(O)C(O)C(O)C1O. The lowest BCUT2D eigenvalue weighted by Gasteiger charge is -2.41. The van der Waals surface area contributed by atoms with Gasteiger partial charge in [0.05, 0.1) is 0 Å². The molecule has 7 heteroatoms. The molecular formula is C25H48O7. The maximum absolute atomic E-state index is 12.0. The lowest BCUT2D eigenvalue weighted by molar-refractivity contribution is -0.233. The van der Waals surface area contributed by atoms with Crippen molar-refractivity contribution in [3.63, 3.8) is 0 Å². The summed E-state index contributed by atoms with van der Waals surface area (Å²) in [5.74, 6) is 0.238. The molecule has 190 valence electrons. The minimum atomic E-state index is -1.69. The lowest BCUT2D eigenvalue weighted by atomic mass is 9.85. The van der Waals surface area contributed by atoms with Gasteiger partial charge >= 0.3 is 5.97 Å². The van der Waals surface area contributed by atoms with Crippen LogP contribution in [0, 0.1) is 5.92 Å². The van der Waals surface area contributed by atoms with Gasteiger partial charge in [-0.15, -0.1) is 0 Å². The van der Waals surface area contributed by atoms with Crippen molar-refractivity contribution in [2.45, 2.75) is 147 Å². The Hall–Kier alpha value is -0.730. The van der Waals surface area contributed by atoms with Crippen molar-refractivity contribution in [3.05, 3.63) is 0 Å². The fraction of sp³-hybridized carbons (Fsp3) is 0.960. The quantitative estimate of drug-likeness (QED) is 0.167. The van der Waals surface area contributed by atoms with Crippen molar-refractivity contribution >= 4 is 5.97 Å². The molecule has 1 aliphatic rings. The number of carbonyl (C=O) groups excluding carboxylic acids is 1. The molecule has 1 rings (SSSR count). The summed E-state index contributed by atoms with van der Waals surface area (Å²) >= 11 is 0. The van der Waals surface area contributed by atoms with Gasteiger partial charge in [-0.05, 0) is 12.3 Å². The Morgan fingerprint density at radius 1 is 0.594 bits per heavy atom. The smallest absolute Gasteiger partial charge is 0.306 e. The van der Waals surface area contributed by atoms with Crippen molar-refractivity contribution in [2.24, 2.45) is 5.92 Å². The van der Waals surface area contributed by atoms with Crippen LogP contribution in [-0.2, 0) is 9.53 Å². The summed E-state index contributed by atoms with van der Waals surface area (Å²) in [5.41, 5.74) is 0. The third kappa shape index (κ3) is 11.4. The zero-order valence-electron chi connectivity index (χ0n) is 20.2. The Labute approximate surface area is 194 Å². The molecule has 0 bridgehead atoms. The van der Waals surface area contributed by atoms with Crippen LogP contribution in [0.4, 0.5) is 0 Å². The highest BCUT2D eigenvalue weighted by Gasteiger charge is 2.50. The predicted molar refractivity (Wildman–Crippen MR) is 124 cm³/mol. The Bertz CT molecular complexity index is 469. The molecular weight excluding hydrogens is 412 g/mol. The Kier molecular flexibility index (Phi) is 15.4. The topological polar surface area (TPSA) is 127 Å². The standard InChI is InChI=1S/C25H48O7/c1-18(2)16-14-12-10-8-6-4-3-5-7-9-11-13-15-17-19(26)32-25-23(30)21(28)20(27)22(29)24(25)31/h18,20-25,27-31H,3-17H2,1-2H3. The number of unbranched alkanes of at least 4 members (excludes halogenated alkanes) is 12. The predicted octanol–water partition coefficient (Wildman–Crippen LogP) is 3.22. The highest BCUT2D eigenvalue weighted by Crippen LogP contribution is 2.24. The number of hydrogen-bond acceptors (Lipinski definition) is 7. The Morgan fingerprint density at radius 2 is 0.938 bits per heavy atom.